The van der Waals surface area contributed by atoms with Crippen molar-refractivity contribution in [3.63, 3.8) is 0 Å². The van der Waals surface area contributed by atoms with Crippen LogP contribution in [-0.2, 0) is 9.59 Å². The predicted molar refractivity (Wildman–Crippen MR) is 103 cm³/mol. The van der Waals surface area contributed by atoms with Crippen molar-refractivity contribution in [3.8, 4) is 5.75 Å². The molecule has 2 amide bonds. The number of ether oxygens (including phenoxy) is 1. The maximum Gasteiger partial charge on any atom is 0.260 e. The average molecular weight is 382 g/mol. The van der Waals surface area contributed by atoms with Crippen molar-refractivity contribution in [1.82, 2.24) is 15.1 Å². The van der Waals surface area contributed by atoms with E-state index in [0.29, 0.717) is 24.9 Å². The van der Waals surface area contributed by atoms with E-state index in [1.165, 1.54) is 0 Å². The van der Waals surface area contributed by atoms with Gasteiger partial charge in [-0.05, 0) is 31.9 Å². The van der Waals surface area contributed by atoms with Gasteiger partial charge in [-0.15, -0.1) is 12.4 Å². The first-order valence-electron chi connectivity index (χ1n) is 9.11. The van der Waals surface area contributed by atoms with E-state index >= 15 is 0 Å². The molecule has 2 fully saturated rings. The van der Waals surface area contributed by atoms with Gasteiger partial charge in [0, 0.05) is 38.8 Å². The van der Waals surface area contributed by atoms with Gasteiger partial charge in [0.05, 0.1) is 5.92 Å². The van der Waals surface area contributed by atoms with Gasteiger partial charge in [0.2, 0.25) is 5.91 Å². The standard InChI is InChI=1S/C19H27N3O3.ClH/c1-15-12-22(11-9-20-15)19(24)16-6-5-10-21(13-16)18(23)14-25-17-7-3-2-4-8-17;/h2-4,7-8,15-16,20H,5-6,9-14H2,1H3;1H. The monoisotopic (exact) mass is 381 g/mol. The molecule has 144 valence electrons. The summed E-state index contributed by atoms with van der Waals surface area (Å²) in [6.45, 7) is 5.68. The van der Waals surface area contributed by atoms with Crippen LogP contribution >= 0.6 is 12.4 Å². The van der Waals surface area contributed by atoms with Crippen LogP contribution in [0.3, 0.4) is 0 Å². The largest absolute Gasteiger partial charge is 0.484 e. The second-order valence-electron chi connectivity index (χ2n) is 6.92. The zero-order valence-electron chi connectivity index (χ0n) is 15.2. The molecule has 2 saturated heterocycles. The van der Waals surface area contributed by atoms with Gasteiger partial charge in [0.1, 0.15) is 5.75 Å². The number of halogens is 1. The molecule has 2 aliphatic heterocycles. The van der Waals surface area contributed by atoms with Crippen molar-refractivity contribution < 1.29 is 14.3 Å². The van der Waals surface area contributed by atoms with E-state index in [4.69, 9.17) is 4.74 Å². The topological polar surface area (TPSA) is 61.9 Å². The highest BCUT2D eigenvalue weighted by atomic mass is 35.5. The Hall–Kier alpha value is -1.79. The Morgan fingerprint density at radius 2 is 1.92 bits per heavy atom. The molecule has 6 nitrogen and oxygen atoms in total. The average Bonchev–Trinajstić information content (AvgIpc) is 2.66. The lowest BCUT2D eigenvalue weighted by Crippen LogP contribution is -2.55. The first-order chi connectivity index (χ1) is 12.1. The molecule has 0 spiro atoms. The van der Waals surface area contributed by atoms with E-state index < -0.39 is 0 Å². The molecule has 0 saturated carbocycles. The molecule has 2 heterocycles. The number of piperazine rings is 1. The minimum Gasteiger partial charge on any atom is -0.484 e. The second kappa shape index (κ2) is 9.78. The van der Waals surface area contributed by atoms with Gasteiger partial charge >= 0.3 is 0 Å². The van der Waals surface area contributed by atoms with E-state index in [1.807, 2.05) is 35.2 Å². The van der Waals surface area contributed by atoms with Crippen LogP contribution in [-0.4, -0.2) is 67.0 Å². The van der Waals surface area contributed by atoms with Crippen LogP contribution in [0.1, 0.15) is 19.8 Å². The number of amides is 2. The number of rotatable bonds is 4. The highest BCUT2D eigenvalue weighted by Crippen LogP contribution is 2.20. The summed E-state index contributed by atoms with van der Waals surface area (Å²) < 4.78 is 5.55. The number of nitrogens with zero attached hydrogens (tertiary/aromatic N) is 2. The summed E-state index contributed by atoms with van der Waals surface area (Å²) in [5, 5.41) is 3.35. The zero-order valence-corrected chi connectivity index (χ0v) is 16.0. The first kappa shape index (κ1) is 20.5. The quantitative estimate of drug-likeness (QED) is 0.859. The summed E-state index contributed by atoms with van der Waals surface area (Å²) >= 11 is 0. The molecule has 0 bridgehead atoms. The third-order valence-electron chi connectivity index (χ3n) is 4.91. The van der Waals surface area contributed by atoms with Gasteiger partial charge in [-0.2, -0.15) is 0 Å². The minimum atomic E-state index is -0.0836. The van der Waals surface area contributed by atoms with Gasteiger partial charge in [0.15, 0.2) is 6.61 Å². The van der Waals surface area contributed by atoms with Crippen LogP contribution in [0.15, 0.2) is 30.3 Å². The zero-order chi connectivity index (χ0) is 17.6. The van der Waals surface area contributed by atoms with Gasteiger partial charge in [-0.25, -0.2) is 0 Å². The molecular formula is C19H28ClN3O3. The second-order valence-corrected chi connectivity index (χ2v) is 6.92. The maximum atomic E-state index is 12.8. The molecule has 2 unspecified atom stereocenters. The summed E-state index contributed by atoms with van der Waals surface area (Å²) in [5.41, 5.74) is 0. The lowest BCUT2D eigenvalue weighted by atomic mass is 9.96. The Balaban J connectivity index is 0.00000243. The Bertz CT molecular complexity index is 599. The molecule has 1 N–H and O–H groups in total. The predicted octanol–water partition coefficient (Wildman–Crippen LogP) is 1.55. The number of piperidine rings is 1. The number of likely N-dealkylation sites (tertiary alicyclic amines) is 1. The highest BCUT2D eigenvalue weighted by Gasteiger charge is 2.32. The molecule has 2 aliphatic rings. The fraction of sp³-hybridized carbons (Fsp3) is 0.579. The van der Waals surface area contributed by atoms with Crippen molar-refractivity contribution >= 4 is 24.2 Å². The maximum absolute atomic E-state index is 12.8. The summed E-state index contributed by atoms with van der Waals surface area (Å²) in [6.07, 6.45) is 1.73. The van der Waals surface area contributed by atoms with Crippen LogP contribution in [0.25, 0.3) is 0 Å². The number of carbonyl (C=O) groups is 2. The first-order valence-corrected chi connectivity index (χ1v) is 9.11. The number of para-hydroxylation sites is 1. The van der Waals surface area contributed by atoms with Crippen molar-refractivity contribution in [2.45, 2.75) is 25.8 Å². The van der Waals surface area contributed by atoms with Crippen molar-refractivity contribution in [2.24, 2.45) is 5.92 Å². The number of hydrogen-bond acceptors (Lipinski definition) is 4. The molecule has 0 aromatic heterocycles. The van der Waals surface area contributed by atoms with Crippen LogP contribution in [0.4, 0.5) is 0 Å². The SMILES string of the molecule is CC1CN(C(=O)C2CCCN(C(=O)COc3ccccc3)C2)CCN1.Cl. The summed E-state index contributed by atoms with van der Waals surface area (Å²) in [5.74, 6) is 0.750. The number of nitrogens with one attached hydrogen (secondary N) is 1. The lowest BCUT2D eigenvalue weighted by Gasteiger charge is -2.38. The Kier molecular flexibility index (Phi) is 7.72. The molecule has 26 heavy (non-hydrogen) atoms. The summed E-state index contributed by atoms with van der Waals surface area (Å²) in [7, 11) is 0. The smallest absolute Gasteiger partial charge is 0.260 e. The molecule has 2 atom stereocenters. The van der Waals surface area contributed by atoms with Crippen LogP contribution in [0.5, 0.6) is 5.75 Å². The van der Waals surface area contributed by atoms with E-state index in [-0.39, 0.29) is 36.7 Å². The van der Waals surface area contributed by atoms with Gasteiger partial charge < -0.3 is 19.9 Å². The number of hydrogen-bond donors (Lipinski definition) is 1. The van der Waals surface area contributed by atoms with Crippen LogP contribution < -0.4 is 10.1 Å². The lowest BCUT2D eigenvalue weighted by molar-refractivity contribution is -0.142. The minimum absolute atomic E-state index is 0. The fourth-order valence-corrected chi connectivity index (χ4v) is 3.55. The van der Waals surface area contributed by atoms with E-state index in [0.717, 1.165) is 32.5 Å². The Morgan fingerprint density at radius 3 is 2.65 bits per heavy atom. The third-order valence-corrected chi connectivity index (χ3v) is 4.91. The molecule has 1 aromatic rings. The fourth-order valence-electron chi connectivity index (χ4n) is 3.55. The molecule has 0 radical (unpaired) electrons. The molecule has 0 aliphatic carbocycles. The Labute approximate surface area is 161 Å². The summed E-state index contributed by atoms with van der Waals surface area (Å²) in [6, 6.07) is 9.67. The van der Waals surface area contributed by atoms with E-state index in [9.17, 15) is 9.59 Å². The van der Waals surface area contributed by atoms with E-state index in [1.54, 1.807) is 4.90 Å². The van der Waals surface area contributed by atoms with Gasteiger partial charge in [-0.1, -0.05) is 18.2 Å². The normalized spacial score (nSPS) is 23.1. The van der Waals surface area contributed by atoms with Crippen LogP contribution in [0, 0.1) is 5.92 Å². The van der Waals surface area contributed by atoms with Crippen molar-refractivity contribution in [2.75, 3.05) is 39.3 Å². The Morgan fingerprint density at radius 1 is 1.15 bits per heavy atom. The molecular weight excluding hydrogens is 354 g/mol. The van der Waals surface area contributed by atoms with Gasteiger partial charge in [0.25, 0.3) is 5.91 Å². The highest BCUT2D eigenvalue weighted by molar-refractivity contribution is 5.85. The van der Waals surface area contributed by atoms with Crippen molar-refractivity contribution in [3.05, 3.63) is 30.3 Å². The van der Waals surface area contributed by atoms with Gasteiger partial charge in [-0.3, -0.25) is 9.59 Å². The summed E-state index contributed by atoms with van der Waals surface area (Å²) in [4.78, 5) is 28.9. The molecule has 1 aromatic carbocycles. The number of carbonyl (C=O) groups excluding carboxylic acids is 2. The molecule has 3 rings (SSSR count). The van der Waals surface area contributed by atoms with E-state index in [2.05, 4.69) is 12.2 Å². The third kappa shape index (κ3) is 5.35. The molecule has 7 heteroatoms. The van der Waals surface area contributed by atoms with Crippen molar-refractivity contribution in [1.29, 1.82) is 0 Å². The number of benzene rings is 1. The van der Waals surface area contributed by atoms with Crippen LogP contribution in [0.2, 0.25) is 0 Å².